The lowest BCUT2D eigenvalue weighted by atomic mass is 9.64. The van der Waals surface area contributed by atoms with Crippen LogP contribution in [0.1, 0.15) is 49.4 Å². The van der Waals surface area contributed by atoms with Crippen LogP contribution >= 0.6 is 11.6 Å². The van der Waals surface area contributed by atoms with E-state index in [1.54, 1.807) is 0 Å². The van der Waals surface area contributed by atoms with Crippen molar-refractivity contribution < 1.29 is 9.32 Å². The molecule has 1 aromatic carbocycles. The van der Waals surface area contributed by atoms with E-state index in [2.05, 4.69) is 27.6 Å². The second-order valence-corrected chi connectivity index (χ2v) is 6.90. The van der Waals surface area contributed by atoms with Crippen LogP contribution in [-0.2, 0) is 16.6 Å². The fourth-order valence-electron chi connectivity index (χ4n) is 3.51. The van der Waals surface area contributed by atoms with Crippen LogP contribution in [0.2, 0.25) is 5.02 Å². The van der Waals surface area contributed by atoms with Crippen molar-refractivity contribution in [2.45, 2.75) is 50.0 Å². The number of aromatic nitrogens is 2. The number of carbonyl (C=O) groups is 1. The molecule has 2 aromatic rings. The van der Waals surface area contributed by atoms with Gasteiger partial charge >= 0.3 is 0 Å². The summed E-state index contributed by atoms with van der Waals surface area (Å²) < 4.78 is 5.45. The van der Waals surface area contributed by atoms with Gasteiger partial charge in [0.2, 0.25) is 11.8 Å². The van der Waals surface area contributed by atoms with Gasteiger partial charge in [-0.3, -0.25) is 4.79 Å². The third kappa shape index (κ3) is 2.63. The molecule has 2 fully saturated rings. The highest BCUT2D eigenvalue weighted by atomic mass is 35.5. The molecule has 1 aliphatic carbocycles. The first kappa shape index (κ1) is 14.7. The van der Waals surface area contributed by atoms with Gasteiger partial charge in [0.25, 0.3) is 0 Å². The lowest BCUT2D eigenvalue weighted by Crippen LogP contribution is -2.36. The zero-order valence-electron chi connectivity index (χ0n) is 12.7. The van der Waals surface area contributed by atoms with Gasteiger partial charge in [0.15, 0.2) is 5.82 Å². The van der Waals surface area contributed by atoms with Crippen molar-refractivity contribution in [3.8, 4) is 0 Å². The van der Waals surface area contributed by atoms with E-state index in [4.69, 9.17) is 16.1 Å². The maximum atomic E-state index is 11.3. The number of benzene rings is 1. The smallest absolute Gasteiger partial charge is 0.228 e. The quantitative estimate of drug-likeness (QED) is 0.935. The van der Waals surface area contributed by atoms with Crippen LogP contribution in [0.4, 0.5) is 0 Å². The molecule has 0 spiro atoms. The summed E-state index contributed by atoms with van der Waals surface area (Å²) in [5, 5.41) is 7.90. The molecule has 1 aliphatic heterocycles. The average Bonchev–Trinajstić information content (AvgIpc) is 3.10. The maximum absolute atomic E-state index is 11.3. The molecule has 1 atom stereocenters. The zero-order chi connectivity index (χ0) is 15.9. The van der Waals surface area contributed by atoms with Crippen molar-refractivity contribution in [3.05, 3.63) is 46.6 Å². The minimum Gasteiger partial charge on any atom is -0.353 e. The molecular formula is C17H18ClN3O2. The van der Waals surface area contributed by atoms with Crippen LogP contribution in [0.25, 0.3) is 0 Å². The molecule has 2 heterocycles. The van der Waals surface area contributed by atoms with E-state index in [1.807, 2.05) is 12.1 Å². The monoisotopic (exact) mass is 331 g/mol. The predicted octanol–water partition coefficient (Wildman–Crippen LogP) is 3.01. The van der Waals surface area contributed by atoms with Crippen LogP contribution in [-0.4, -0.2) is 22.1 Å². The van der Waals surface area contributed by atoms with E-state index in [0.29, 0.717) is 18.7 Å². The standard InChI is InChI=1S/C17H18ClN3O2/c18-12-4-2-11(3-5-12)17(8-1-9-17)16-20-15(23-21-16)10-13-6-7-14(22)19-13/h2-5,13H,1,6-10H2,(H,19,22). The molecule has 0 bridgehead atoms. The number of hydrogen-bond donors (Lipinski definition) is 1. The SMILES string of the molecule is O=C1CCC(Cc2nc(C3(c4ccc(Cl)cc4)CCC3)no2)N1. The van der Waals surface area contributed by atoms with Gasteiger partial charge in [-0.25, -0.2) is 0 Å². The van der Waals surface area contributed by atoms with Gasteiger partial charge in [0, 0.05) is 23.9 Å². The Morgan fingerprint density at radius 3 is 2.70 bits per heavy atom. The fraction of sp³-hybridized carbons (Fsp3) is 0.471. The predicted molar refractivity (Wildman–Crippen MR) is 85.2 cm³/mol. The Labute approximate surface area is 139 Å². The van der Waals surface area contributed by atoms with E-state index in [0.717, 1.165) is 36.5 Å². The first-order valence-corrected chi connectivity index (χ1v) is 8.42. The van der Waals surface area contributed by atoms with Crippen LogP contribution in [0.15, 0.2) is 28.8 Å². The van der Waals surface area contributed by atoms with Gasteiger partial charge in [0.1, 0.15) is 0 Å². The minimum atomic E-state index is -0.148. The summed E-state index contributed by atoms with van der Waals surface area (Å²) in [5.41, 5.74) is 1.04. The maximum Gasteiger partial charge on any atom is 0.228 e. The third-order valence-electron chi connectivity index (χ3n) is 5.01. The lowest BCUT2D eigenvalue weighted by molar-refractivity contribution is -0.119. The molecule has 1 saturated carbocycles. The molecule has 1 unspecified atom stereocenters. The molecule has 1 aromatic heterocycles. The van der Waals surface area contributed by atoms with E-state index in [-0.39, 0.29) is 17.4 Å². The number of hydrogen-bond acceptors (Lipinski definition) is 4. The summed E-state index contributed by atoms with van der Waals surface area (Å²) >= 11 is 6.00. The highest BCUT2D eigenvalue weighted by Gasteiger charge is 2.44. The molecule has 5 nitrogen and oxygen atoms in total. The van der Waals surface area contributed by atoms with E-state index in [9.17, 15) is 4.79 Å². The topological polar surface area (TPSA) is 68.0 Å². The molecule has 6 heteroatoms. The number of rotatable bonds is 4. The Morgan fingerprint density at radius 1 is 1.30 bits per heavy atom. The molecular weight excluding hydrogens is 314 g/mol. The van der Waals surface area contributed by atoms with Crippen LogP contribution < -0.4 is 5.32 Å². The summed E-state index contributed by atoms with van der Waals surface area (Å²) in [4.78, 5) is 15.9. The average molecular weight is 332 g/mol. The fourth-order valence-corrected chi connectivity index (χ4v) is 3.64. The number of amides is 1. The lowest BCUT2D eigenvalue weighted by Gasteiger charge is -2.39. The largest absolute Gasteiger partial charge is 0.353 e. The molecule has 1 saturated heterocycles. The normalized spacial score (nSPS) is 22.7. The van der Waals surface area contributed by atoms with Crippen molar-refractivity contribution >= 4 is 17.5 Å². The number of nitrogens with zero attached hydrogens (tertiary/aromatic N) is 2. The molecule has 4 rings (SSSR count). The number of halogens is 1. The minimum absolute atomic E-state index is 0.103. The second kappa shape index (κ2) is 5.64. The van der Waals surface area contributed by atoms with Crippen molar-refractivity contribution in [1.29, 1.82) is 0 Å². The summed E-state index contributed by atoms with van der Waals surface area (Å²) in [6.07, 6.45) is 5.22. The zero-order valence-corrected chi connectivity index (χ0v) is 13.5. The first-order chi connectivity index (χ1) is 11.2. The molecule has 1 N–H and O–H groups in total. The number of nitrogens with one attached hydrogen (secondary N) is 1. The molecule has 23 heavy (non-hydrogen) atoms. The molecule has 1 amide bonds. The Kier molecular flexibility index (Phi) is 3.60. The Bertz CT molecular complexity index is 722. The summed E-state index contributed by atoms with van der Waals surface area (Å²) in [6.45, 7) is 0. The summed E-state index contributed by atoms with van der Waals surface area (Å²) in [5.74, 6) is 1.46. The van der Waals surface area contributed by atoms with Gasteiger partial charge in [-0.2, -0.15) is 4.98 Å². The van der Waals surface area contributed by atoms with Crippen molar-refractivity contribution in [2.75, 3.05) is 0 Å². The van der Waals surface area contributed by atoms with Crippen molar-refractivity contribution in [1.82, 2.24) is 15.5 Å². The van der Waals surface area contributed by atoms with Crippen molar-refractivity contribution in [2.24, 2.45) is 0 Å². The van der Waals surface area contributed by atoms with Crippen LogP contribution in [0.3, 0.4) is 0 Å². The Balaban J connectivity index is 1.56. The summed E-state index contributed by atoms with van der Waals surface area (Å²) in [7, 11) is 0. The van der Waals surface area contributed by atoms with Gasteiger partial charge in [-0.1, -0.05) is 35.3 Å². The first-order valence-electron chi connectivity index (χ1n) is 8.04. The van der Waals surface area contributed by atoms with E-state index >= 15 is 0 Å². The number of carbonyl (C=O) groups excluding carboxylic acids is 1. The second-order valence-electron chi connectivity index (χ2n) is 6.46. The highest BCUT2D eigenvalue weighted by Crippen LogP contribution is 2.47. The van der Waals surface area contributed by atoms with Crippen molar-refractivity contribution in [3.63, 3.8) is 0 Å². The van der Waals surface area contributed by atoms with Crippen LogP contribution in [0, 0.1) is 0 Å². The third-order valence-corrected chi connectivity index (χ3v) is 5.26. The van der Waals surface area contributed by atoms with Crippen LogP contribution in [0.5, 0.6) is 0 Å². The Hall–Kier alpha value is -1.88. The van der Waals surface area contributed by atoms with Gasteiger partial charge in [0.05, 0.1) is 5.41 Å². The highest BCUT2D eigenvalue weighted by molar-refractivity contribution is 6.30. The summed E-state index contributed by atoms with van der Waals surface area (Å²) in [6, 6.07) is 8.03. The van der Waals surface area contributed by atoms with Gasteiger partial charge in [-0.05, 0) is 37.0 Å². The molecule has 2 aliphatic rings. The molecule has 0 radical (unpaired) electrons. The molecule has 120 valence electrons. The van der Waals surface area contributed by atoms with Gasteiger partial charge in [-0.15, -0.1) is 0 Å². The van der Waals surface area contributed by atoms with E-state index in [1.165, 1.54) is 5.56 Å². The van der Waals surface area contributed by atoms with E-state index < -0.39 is 0 Å². The Morgan fingerprint density at radius 2 is 2.09 bits per heavy atom. The van der Waals surface area contributed by atoms with Gasteiger partial charge < -0.3 is 9.84 Å².